The van der Waals surface area contributed by atoms with Crippen molar-refractivity contribution in [1.82, 2.24) is 10.2 Å². The molecule has 1 aliphatic rings. The molecule has 158 valence electrons. The van der Waals surface area contributed by atoms with E-state index in [0.717, 1.165) is 19.6 Å². The number of carbonyl (C=O) groups is 1. The SMILES string of the molecule is CC(C)(C)OC(=O)NC1CN(Cc2ccccc2)CC1O[Si](C)(C)C(C)(C)C. The quantitative estimate of drug-likeness (QED) is 0.715. The number of carbonyl (C=O) groups excluding carboxylic acids is 1. The van der Waals surface area contributed by atoms with Gasteiger partial charge in [-0.25, -0.2) is 4.79 Å². The number of ether oxygens (including phenoxy) is 1. The lowest BCUT2D eigenvalue weighted by molar-refractivity contribution is 0.0467. The van der Waals surface area contributed by atoms with Crippen molar-refractivity contribution in [3.8, 4) is 0 Å². The van der Waals surface area contributed by atoms with Gasteiger partial charge in [0.05, 0.1) is 12.1 Å². The third kappa shape index (κ3) is 6.60. The lowest BCUT2D eigenvalue weighted by Gasteiger charge is -2.39. The third-order valence-corrected chi connectivity index (χ3v) is 10.0. The molecule has 2 atom stereocenters. The van der Waals surface area contributed by atoms with Gasteiger partial charge in [0.25, 0.3) is 0 Å². The van der Waals surface area contributed by atoms with Crippen LogP contribution in [0.5, 0.6) is 0 Å². The summed E-state index contributed by atoms with van der Waals surface area (Å²) in [6, 6.07) is 10.4. The Morgan fingerprint density at radius 3 is 2.25 bits per heavy atom. The Morgan fingerprint density at radius 2 is 1.71 bits per heavy atom. The van der Waals surface area contributed by atoms with Gasteiger partial charge >= 0.3 is 6.09 Å². The second kappa shape index (κ2) is 8.55. The van der Waals surface area contributed by atoms with Crippen LogP contribution in [-0.2, 0) is 15.7 Å². The summed E-state index contributed by atoms with van der Waals surface area (Å²) >= 11 is 0. The summed E-state index contributed by atoms with van der Waals surface area (Å²) in [7, 11) is -1.95. The lowest BCUT2D eigenvalue weighted by Crippen LogP contribution is -2.51. The molecule has 0 spiro atoms. The predicted molar refractivity (Wildman–Crippen MR) is 117 cm³/mol. The minimum absolute atomic E-state index is 0.0304. The van der Waals surface area contributed by atoms with Gasteiger partial charge in [0.15, 0.2) is 8.32 Å². The summed E-state index contributed by atoms with van der Waals surface area (Å²) in [6.45, 7) is 19.3. The highest BCUT2D eigenvalue weighted by atomic mass is 28.4. The van der Waals surface area contributed by atoms with Crippen LogP contribution in [0, 0.1) is 0 Å². The van der Waals surface area contributed by atoms with Crippen LogP contribution >= 0.6 is 0 Å². The molecule has 5 nitrogen and oxygen atoms in total. The largest absolute Gasteiger partial charge is 0.444 e. The van der Waals surface area contributed by atoms with E-state index in [9.17, 15) is 4.79 Å². The molecule has 2 unspecified atom stereocenters. The molecule has 1 aromatic rings. The van der Waals surface area contributed by atoms with E-state index < -0.39 is 13.9 Å². The maximum absolute atomic E-state index is 12.4. The molecule has 1 N–H and O–H groups in total. The predicted octanol–water partition coefficient (Wildman–Crippen LogP) is 4.79. The first-order valence-corrected chi connectivity index (χ1v) is 13.1. The maximum atomic E-state index is 12.4. The molecular formula is C22H38N2O3Si. The lowest BCUT2D eigenvalue weighted by atomic mass is 10.2. The van der Waals surface area contributed by atoms with Crippen molar-refractivity contribution in [3.63, 3.8) is 0 Å². The van der Waals surface area contributed by atoms with Gasteiger partial charge in [0, 0.05) is 19.6 Å². The van der Waals surface area contributed by atoms with E-state index in [4.69, 9.17) is 9.16 Å². The Bertz CT molecular complexity index is 650. The molecule has 1 heterocycles. The van der Waals surface area contributed by atoms with E-state index in [-0.39, 0.29) is 23.3 Å². The molecule has 28 heavy (non-hydrogen) atoms. The monoisotopic (exact) mass is 406 g/mol. The molecule has 1 aliphatic heterocycles. The second-order valence-electron chi connectivity index (χ2n) is 10.3. The van der Waals surface area contributed by atoms with Crippen LogP contribution in [0.25, 0.3) is 0 Å². The highest BCUT2D eigenvalue weighted by Gasteiger charge is 2.44. The van der Waals surface area contributed by atoms with Gasteiger partial charge in [0.2, 0.25) is 0 Å². The zero-order valence-electron chi connectivity index (χ0n) is 18.8. The fraction of sp³-hybridized carbons (Fsp3) is 0.682. The fourth-order valence-corrected chi connectivity index (χ4v) is 4.44. The van der Waals surface area contributed by atoms with Crippen LogP contribution in [0.4, 0.5) is 4.79 Å². The van der Waals surface area contributed by atoms with Crippen molar-refractivity contribution in [1.29, 1.82) is 0 Å². The third-order valence-electron chi connectivity index (χ3n) is 5.55. The number of likely N-dealkylation sites (tertiary alicyclic amines) is 1. The number of nitrogens with zero attached hydrogens (tertiary/aromatic N) is 1. The molecule has 1 amide bonds. The van der Waals surface area contributed by atoms with Crippen LogP contribution in [0.3, 0.4) is 0 Å². The summed E-state index contributed by atoms with van der Waals surface area (Å²) in [5.74, 6) is 0. The van der Waals surface area contributed by atoms with E-state index in [1.165, 1.54) is 5.56 Å². The molecule has 0 aromatic heterocycles. The number of hydrogen-bond acceptors (Lipinski definition) is 4. The molecule has 6 heteroatoms. The van der Waals surface area contributed by atoms with E-state index >= 15 is 0 Å². The summed E-state index contributed by atoms with van der Waals surface area (Å²) in [5, 5.41) is 3.19. The van der Waals surface area contributed by atoms with Gasteiger partial charge in [-0.3, -0.25) is 4.90 Å². The highest BCUT2D eigenvalue weighted by Crippen LogP contribution is 2.38. The Balaban J connectivity index is 2.11. The minimum atomic E-state index is -1.95. The summed E-state index contributed by atoms with van der Waals surface area (Å²) < 4.78 is 12.2. The van der Waals surface area contributed by atoms with Crippen molar-refractivity contribution in [2.75, 3.05) is 13.1 Å². The molecule has 1 aromatic carbocycles. The number of nitrogens with one attached hydrogen (secondary N) is 1. The van der Waals surface area contributed by atoms with Crippen molar-refractivity contribution < 1.29 is 14.0 Å². The molecule has 1 saturated heterocycles. The molecule has 0 radical (unpaired) electrons. The number of hydrogen-bond donors (Lipinski definition) is 1. The van der Waals surface area contributed by atoms with Crippen molar-refractivity contribution in [2.24, 2.45) is 0 Å². The first kappa shape index (κ1) is 22.9. The summed E-state index contributed by atoms with van der Waals surface area (Å²) in [6.07, 6.45) is -0.403. The van der Waals surface area contributed by atoms with Gasteiger partial charge in [-0.1, -0.05) is 51.1 Å². The van der Waals surface area contributed by atoms with Gasteiger partial charge < -0.3 is 14.5 Å². The van der Waals surface area contributed by atoms with Crippen molar-refractivity contribution in [2.45, 2.75) is 84.0 Å². The van der Waals surface area contributed by atoms with E-state index in [1.807, 2.05) is 26.8 Å². The summed E-state index contributed by atoms with van der Waals surface area (Å²) in [4.78, 5) is 14.7. The number of alkyl carbamates (subject to hydrolysis) is 1. The van der Waals surface area contributed by atoms with Gasteiger partial charge in [-0.2, -0.15) is 0 Å². The topological polar surface area (TPSA) is 50.8 Å². The normalized spacial score (nSPS) is 21.6. The molecule has 2 rings (SSSR count). The van der Waals surface area contributed by atoms with Crippen LogP contribution in [-0.4, -0.2) is 50.1 Å². The van der Waals surface area contributed by atoms with E-state index in [1.54, 1.807) is 0 Å². The fourth-order valence-electron chi connectivity index (χ4n) is 3.09. The van der Waals surface area contributed by atoms with Crippen LogP contribution in [0.15, 0.2) is 30.3 Å². The van der Waals surface area contributed by atoms with Gasteiger partial charge in [-0.05, 0) is 44.5 Å². The van der Waals surface area contributed by atoms with Gasteiger partial charge in [-0.15, -0.1) is 0 Å². The number of benzene rings is 1. The molecule has 0 bridgehead atoms. The molecule has 1 fully saturated rings. The van der Waals surface area contributed by atoms with E-state index in [2.05, 4.69) is 68.3 Å². The number of rotatable bonds is 5. The Morgan fingerprint density at radius 1 is 1.11 bits per heavy atom. The zero-order chi connectivity index (χ0) is 21.2. The Kier molecular flexibility index (Phi) is 7.00. The van der Waals surface area contributed by atoms with Crippen LogP contribution in [0.1, 0.15) is 47.1 Å². The first-order valence-electron chi connectivity index (χ1n) is 10.2. The Labute approximate surface area is 171 Å². The summed E-state index contributed by atoms with van der Waals surface area (Å²) in [5.41, 5.74) is 0.758. The van der Waals surface area contributed by atoms with E-state index in [0.29, 0.717) is 0 Å². The van der Waals surface area contributed by atoms with Crippen LogP contribution in [0.2, 0.25) is 18.1 Å². The maximum Gasteiger partial charge on any atom is 0.408 e. The smallest absolute Gasteiger partial charge is 0.408 e. The minimum Gasteiger partial charge on any atom is -0.444 e. The van der Waals surface area contributed by atoms with Crippen LogP contribution < -0.4 is 5.32 Å². The highest BCUT2D eigenvalue weighted by molar-refractivity contribution is 6.74. The van der Waals surface area contributed by atoms with Gasteiger partial charge in [0.1, 0.15) is 5.60 Å². The molecular weight excluding hydrogens is 368 g/mol. The molecule has 0 saturated carbocycles. The standard InChI is InChI=1S/C22H38N2O3Si/c1-21(2,3)26-20(25)23-18-15-24(14-17-12-10-9-11-13-17)16-19(18)27-28(7,8)22(4,5)6/h9-13,18-19H,14-16H2,1-8H3,(H,23,25). The Hall–Kier alpha value is -1.37. The average Bonchev–Trinajstić information content (AvgIpc) is 2.85. The second-order valence-corrected chi connectivity index (χ2v) is 15.1. The number of amides is 1. The zero-order valence-corrected chi connectivity index (χ0v) is 19.8. The molecule has 0 aliphatic carbocycles. The first-order chi connectivity index (χ1) is 12.8. The average molecular weight is 407 g/mol. The van der Waals surface area contributed by atoms with Crippen molar-refractivity contribution in [3.05, 3.63) is 35.9 Å². The van der Waals surface area contributed by atoms with Crippen molar-refractivity contribution >= 4 is 14.4 Å².